The molecule has 0 N–H and O–H groups in total. The molecule has 0 aliphatic heterocycles. The van der Waals surface area contributed by atoms with E-state index in [1.54, 1.807) is 40.7 Å². The first-order valence-electron chi connectivity index (χ1n) is 6.05. The first-order valence-corrected chi connectivity index (χ1v) is 6.05. The minimum Gasteiger partial charge on any atom is -0.462 e. The Morgan fingerprint density at radius 2 is 2.21 bits per heavy atom. The van der Waals surface area contributed by atoms with Crippen LogP contribution >= 0.6 is 0 Å². The highest BCUT2D eigenvalue weighted by Gasteiger charge is 2.08. The Labute approximate surface area is 110 Å². The van der Waals surface area contributed by atoms with Crippen molar-refractivity contribution in [1.82, 2.24) is 14.3 Å². The lowest BCUT2D eigenvalue weighted by atomic mass is 10.4. The molecule has 2 heterocycles. The molecule has 2 aromatic heterocycles. The van der Waals surface area contributed by atoms with Crippen LogP contribution in [0.3, 0.4) is 0 Å². The quantitative estimate of drug-likeness (QED) is 0.751. The second-order valence-electron chi connectivity index (χ2n) is 3.94. The van der Waals surface area contributed by atoms with Gasteiger partial charge in [-0.2, -0.15) is 5.10 Å². The van der Waals surface area contributed by atoms with Crippen molar-refractivity contribution < 1.29 is 9.53 Å². The van der Waals surface area contributed by atoms with E-state index in [1.807, 2.05) is 0 Å². The Morgan fingerprint density at radius 3 is 2.95 bits per heavy atom. The van der Waals surface area contributed by atoms with Gasteiger partial charge >= 0.3 is 5.97 Å². The van der Waals surface area contributed by atoms with E-state index in [0.29, 0.717) is 25.3 Å². The fourth-order valence-corrected chi connectivity index (χ4v) is 1.66. The summed E-state index contributed by atoms with van der Waals surface area (Å²) < 4.78 is 8.08. The van der Waals surface area contributed by atoms with E-state index in [0.717, 1.165) is 0 Å². The molecule has 0 bridgehead atoms. The third kappa shape index (κ3) is 3.31. The molecule has 6 heteroatoms. The van der Waals surface area contributed by atoms with E-state index in [-0.39, 0.29) is 11.5 Å². The molecule has 19 heavy (non-hydrogen) atoms. The van der Waals surface area contributed by atoms with Gasteiger partial charge in [-0.15, -0.1) is 0 Å². The summed E-state index contributed by atoms with van der Waals surface area (Å²) in [5, 5.41) is 4.06. The van der Waals surface area contributed by atoms with Gasteiger partial charge in [0.1, 0.15) is 0 Å². The van der Waals surface area contributed by atoms with Crippen LogP contribution in [-0.4, -0.2) is 26.9 Å². The van der Waals surface area contributed by atoms with E-state index >= 15 is 0 Å². The van der Waals surface area contributed by atoms with E-state index in [9.17, 15) is 9.59 Å². The molecule has 6 nitrogen and oxygen atoms in total. The van der Waals surface area contributed by atoms with Gasteiger partial charge in [0.25, 0.3) is 5.56 Å². The summed E-state index contributed by atoms with van der Waals surface area (Å²) in [7, 11) is 0. The smallest absolute Gasteiger partial charge is 0.341 e. The average Bonchev–Trinajstić information content (AvgIpc) is 2.87. The highest BCUT2D eigenvalue weighted by Crippen LogP contribution is 2.00. The first kappa shape index (κ1) is 13.1. The van der Waals surface area contributed by atoms with Crippen molar-refractivity contribution in [3.05, 3.63) is 52.7 Å². The lowest BCUT2D eigenvalue weighted by Crippen LogP contribution is -2.20. The molecular formula is C13H15N3O3. The number of ether oxygens (including phenoxy) is 1. The third-order valence-electron chi connectivity index (χ3n) is 2.61. The standard InChI is InChI=1S/C13H15N3O3/c1-2-19-13(18)11-9-14-16(10-11)8-7-15-6-4-3-5-12(15)17/h3-6,9-10H,2,7-8H2,1H3. The van der Waals surface area contributed by atoms with Crippen LogP contribution in [0.4, 0.5) is 0 Å². The molecule has 0 aromatic carbocycles. The molecule has 0 aliphatic carbocycles. The van der Waals surface area contributed by atoms with E-state index in [1.165, 1.54) is 12.3 Å². The number of nitrogens with zero attached hydrogens (tertiary/aromatic N) is 3. The van der Waals surface area contributed by atoms with Crippen LogP contribution in [-0.2, 0) is 17.8 Å². The number of carbonyl (C=O) groups is 1. The number of rotatable bonds is 5. The second-order valence-corrected chi connectivity index (χ2v) is 3.94. The summed E-state index contributed by atoms with van der Waals surface area (Å²) >= 11 is 0. The Morgan fingerprint density at radius 1 is 1.37 bits per heavy atom. The van der Waals surface area contributed by atoms with Gasteiger partial charge in [0.05, 0.1) is 24.9 Å². The summed E-state index contributed by atoms with van der Waals surface area (Å²) in [4.78, 5) is 23.0. The zero-order chi connectivity index (χ0) is 13.7. The maximum absolute atomic E-state index is 11.5. The normalized spacial score (nSPS) is 10.4. The molecule has 0 unspecified atom stereocenters. The number of hydrogen-bond donors (Lipinski definition) is 0. The summed E-state index contributed by atoms with van der Waals surface area (Å²) in [6.07, 6.45) is 4.80. The predicted molar refractivity (Wildman–Crippen MR) is 68.9 cm³/mol. The van der Waals surface area contributed by atoms with Crippen molar-refractivity contribution in [2.24, 2.45) is 0 Å². The maximum atomic E-state index is 11.5. The SMILES string of the molecule is CCOC(=O)c1cnn(CCn2ccccc2=O)c1. The monoisotopic (exact) mass is 261 g/mol. The molecule has 0 fully saturated rings. The Balaban J connectivity index is 1.99. The van der Waals surface area contributed by atoms with Crippen molar-refractivity contribution in [2.75, 3.05) is 6.61 Å². The fraction of sp³-hybridized carbons (Fsp3) is 0.308. The van der Waals surface area contributed by atoms with Crippen molar-refractivity contribution in [3.8, 4) is 0 Å². The summed E-state index contributed by atoms with van der Waals surface area (Å²) in [6.45, 7) is 3.11. The van der Waals surface area contributed by atoms with Gasteiger partial charge < -0.3 is 9.30 Å². The molecule has 2 rings (SSSR count). The second kappa shape index (κ2) is 5.99. The van der Waals surface area contributed by atoms with Crippen molar-refractivity contribution in [2.45, 2.75) is 20.0 Å². The topological polar surface area (TPSA) is 66.1 Å². The molecule has 0 atom stereocenters. The molecule has 0 amide bonds. The van der Waals surface area contributed by atoms with Gasteiger partial charge in [0, 0.05) is 25.0 Å². The lowest BCUT2D eigenvalue weighted by molar-refractivity contribution is 0.0526. The van der Waals surface area contributed by atoms with Crippen LogP contribution in [0.15, 0.2) is 41.6 Å². The maximum Gasteiger partial charge on any atom is 0.341 e. The molecule has 0 aliphatic rings. The summed E-state index contributed by atoms with van der Waals surface area (Å²) in [5.74, 6) is -0.384. The first-order chi connectivity index (χ1) is 9.20. The number of hydrogen-bond acceptors (Lipinski definition) is 4. The number of pyridine rings is 1. The number of aromatic nitrogens is 3. The van der Waals surface area contributed by atoms with Crippen molar-refractivity contribution in [1.29, 1.82) is 0 Å². The number of carbonyl (C=O) groups excluding carboxylic acids is 1. The Bertz CT molecular complexity index is 615. The van der Waals surface area contributed by atoms with Crippen LogP contribution in [0.2, 0.25) is 0 Å². The molecule has 0 saturated carbocycles. The molecule has 2 aromatic rings. The molecule has 0 saturated heterocycles. The number of aryl methyl sites for hydroxylation is 2. The van der Waals surface area contributed by atoms with E-state index in [4.69, 9.17) is 4.74 Å². The minimum atomic E-state index is -0.384. The molecule has 0 radical (unpaired) electrons. The zero-order valence-corrected chi connectivity index (χ0v) is 10.7. The van der Waals surface area contributed by atoms with Gasteiger partial charge in [-0.05, 0) is 13.0 Å². The van der Waals surface area contributed by atoms with Crippen LogP contribution in [0, 0.1) is 0 Å². The van der Waals surface area contributed by atoms with Gasteiger partial charge in [0.15, 0.2) is 0 Å². The van der Waals surface area contributed by atoms with Crippen LogP contribution in [0.1, 0.15) is 17.3 Å². The van der Waals surface area contributed by atoms with Crippen LogP contribution < -0.4 is 5.56 Å². The van der Waals surface area contributed by atoms with Gasteiger partial charge in [0.2, 0.25) is 0 Å². The molecular weight excluding hydrogens is 246 g/mol. The molecule has 0 spiro atoms. The number of esters is 1. The van der Waals surface area contributed by atoms with Crippen molar-refractivity contribution in [3.63, 3.8) is 0 Å². The highest BCUT2D eigenvalue weighted by atomic mass is 16.5. The van der Waals surface area contributed by atoms with E-state index < -0.39 is 0 Å². The summed E-state index contributed by atoms with van der Waals surface area (Å²) in [6, 6.07) is 5.01. The average molecular weight is 261 g/mol. The largest absolute Gasteiger partial charge is 0.462 e. The van der Waals surface area contributed by atoms with Gasteiger partial charge in [-0.25, -0.2) is 4.79 Å². The van der Waals surface area contributed by atoms with Crippen molar-refractivity contribution >= 4 is 5.97 Å². The third-order valence-corrected chi connectivity index (χ3v) is 2.61. The van der Waals surface area contributed by atoms with Crippen LogP contribution in [0.25, 0.3) is 0 Å². The highest BCUT2D eigenvalue weighted by molar-refractivity contribution is 5.88. The van der Waals surface area contributed by atoms with Gasteiger partial charge in [-0.1, -0.05) is 6.07 Å². The van der Waals surface area contributed by atoms with Gasteiger partial charge in [-0.3, -0.25) is 9.48 Å². The van der Waals surface area contributed by atoms with Crippen LogP contribution in [0.5, 0.6) is 0 Å². The lowest BCUT2D eigenvalue weighted by Gasteiger charge is -2.04. The zero-order valence-electron chi connectivity index (χ0n) is 10.7. The Kier molecular flexibility index (Phi) is 4.12. The fourth-order valence-electron chi connectivity index (χ4n) is 1.66. The molecule has 100 valence electrons. The predicted octanol–water partition coefficient (Wildman–Crippen LogP) is 0.922. The van der Waals surface area contributed by atoms with E-state index in [2.05, 4.69) is 5.10 Å². The minimum absolute atomic E-state index is 0.0553. The summed E-state index contributed by atoms with van der Waals surface area (Å²) in [5.41, 5.74) is 0.363. The Hall–Kier alpha value is -2.37.